The molecule has 0 N–H and O–H groups in total. The Kier molecular flexibility index (Phi) is 4.86. The molecule has 4 rings (SSSR count). The fraction of sp³-hybridized carbons (Fsp3) is 0.250. The molecule has 2 unspecified atom stereocenters. The molecule has 2 atom stereocenters. The minimum Gasteiger partial charge on any atom is -0.458 e. The summed E-state index contributed by atoms with van der Waals surface area (Å²) in [6.45, 7) is 7.45. The van der Waals surface area contributed by atoms with Crippen molar-refractivity contribution in [3.8, 4) is 11.1 Å². The highest BCUT2D eigenvalue weighted by Gasteiger charge is 2.28. The number of ether oxygens (including phenoxy) is 2. The van der Waals surface area contributed by atoms with E-state index in [0.29, 0.717) is 36.8 Å². The van der Waals surface area contributed by atoms with Crippen molar-refractivity contribution in [2.45, 2.75) is 37.9 Å². The van der Waals surface area contributed by atoms with Crippen LogP contribution in [-0.4, -0.2) is 24.1 Å². The molecule has 142 valence electrons. The first-order chi connectivity index (χ1) is 13.5. The van der Waals surface area contributed by atoms with Crippen molar-refractivity contribution >= 4 is 11.9 Å². The lowest BCUT2D eigenvalue weighted by Gasteiger charge is -2.11. The number of hydrogen-bond donors (Lipinski definition) is 0. The molecule has 0 spiro atoms. The van der Waals surface area contributed by atoms with Gasteiger partial charge in [0.2, 0.25) is 0 Å². The van der Waals surface area contributed by atoms with E-state index < -0.39 is 0 Å². The number of hydrogen-bond acceptors (Lipinski definition) is 4. The van der Waals surface area contributed by atoms with E-state index in [1.54, 1.807) is 0 Å². The maximum absolute atomic E-state index is 11.4. The van der Waals surface area contributed by atoms with E-state index >= 15 is 0 Å². The Labute approximate surface area is 164 Å². The van der Waals surface area contributed by atoms with Crippen LogP contribution in [-0.2, 0) is 31.9 Å². The largest absolute Gasteiger partial charge is 0.458 e. The van der Waals surface area contributed by atoms with E-state index in [9.17, 15) is 9.59 Å². The standard InChI is InChI=1S/C24H22O4/c1-15-11-21(27-23(15)25)13-17-3-7-19(8-4-17)20-9-5-18(6-10-20)14-22-12-16(2)24(26)28-22/h3-10,21-22H,1-2,11-14H2. The summed E-state index contributed by atoms with van der Waals surface area (Å²) in [4.78, 5) is 22.9. The van der Waals surface area contributed by atoms with Gasteiger partial charge in [0, 0.05) is 36.8 Å². The van der Waals surface area contributed by atoms with Gasteiger partial charge >= 0.3 is 11.9 Å². The summed E-state index contributed by atoms with van der Waals surface area (Å²) in [5.41, 5.74) is 5.64. The maximum atomic E-state index is 11.4. The van der Waals surface area contributed by atoms with E-state index in [4.69, 9.17) is 9.47 Å². The third-order valence-corrected chi connectivity index (χ3v) is 5.24. The van der Waals surface area contributed by atoms with Crippen LogP contribution in [0.25, 0.3) is 11.1 Å². The van der Waals surface area contributed by atoms with Gasteiger partial charge in [-0.05, 0) is 22.3 Å². The predicted molar refractivity (Wildman–Crippen MR) is 107 cm³/mol. The van der Waals surface area contributed by atoms with Crippen molar-refractivity contribution in [3.63, 3.8) is 0 Å². The van der Waals surface area contributed by atoms with Crippen molar-refractivity contribution in [2.75, 3.05) is 0 Å². The number of cyclic esters (lactones) is 2. The molecule has 0 bridgehead atoms. The summed E-state index contributed by atoms with van der Waals surface area (Å²) in [7, 11) is 0. The zero-order valence-electron chi connectivity index (χ0n) is 15.6. The summed E-state index contributed by atoms with van der Waals surface area (Å²) in [6.07, 6.45) is 2.40. The molecular weight excluding hydrogens is 352 g/mol. The molecule has 2 aromatic rings. The Morgan fingerprint density at radius 2 is 1.04 bits per heavy atom. The van der Waals surface area contributed by atoms with Crippen molar-refractivity contribution in [1.82, 2.24) is 0 Å². The summed E-state index contributed by atoms with van der Waals surface area (Å²) >= 11 is 0. The van der Waals surface area contributed by atoms with Gasteiger partial charge in [0.15, 0.2) is 0 Å². The molecule has 0 amide bonds. The van der Waals surface area contributed by atoms with Crippen LogP contribution in [0.15, 0.2) is 72.8 Å². The smallest absolute Gasteiger partial charge is 0.333 e. The number of rotatable bonds is 5. The van der Waals surface area contributed by atoms with Gasteiger partial charge in [-0.25, -0.2) is 9.59 Å². The first kappa shape index (κ1) is 18.2. The fourth-order valence-electron chi connectivity index (χ4n) is 3.69. The first-order valence-corrected chi connectivity index (χ1v) is 9.43. The molecule has 2 aliphatic rings. The zero-order valence-corrected chi connectivity index (χ0v) is 15.6. The van der Waals surface area contributed by atoms with Crippen LogP contribution in [0.3, 0.4) is 0 Å². The molecule has 2 aliphatic heterocycles. The minimum atomic E-state index is -0.279. The number of carbonyl (C=O) groups excluding carboxylic acids is 2. The Hall–Kier alpha value is -3.14. The van der Waals surface area contributed by atoms with Crippen molar-refractivity contribution in [1.29, 1.82) is 0 Å². The minimum absolute atomic E-state index is 0.106. The molecular formula is C24H22O4. The number of carbonyl (C=O) groups is 2. The van der Waals surface area contributed by atoms with Gasteiger partial charge in [-0.1, -0.05) is 61.7 Å². The molecule has 4 heteroatoms. The van der Waals surface area contributed by atoms with Gasteiger partial charge in [-0.3, -0.25) is 0 Å². The van der Waals surface area contributed by atoms with Gasteiger partial charge in [0.1, 0.15) is 12.2 Å². The molecule has 2 heterocycles. The van der Waals surface area contributed by atoms with Crippen LogP contribution in [0.5, 0.6) is 0 Å². The summed E-state index contributed by atoms with van der Waals surface area (Å²) in [6, 6.07) is 16.6. The van der Waals surface area contributed by atoms with Crippen LogP contribution >= 0.6 is 0 Å². The zero-order chi connectivity index (χ0) is 19.7. The lowest BCUT2D eigenvalue weighted by Crippen LogP contribution is -2.10. The summed E-state index contributed by atoms with van der Waals surface area (Å²) < 4.78 is 10.6. The summed E-state index contributed by atoms with van der Waals surface area (Å²) in [5.74, 6) is -0.559. The fourth-order valence-corrected chi connectivity index (χ4v) is 3.69. The number of benzene rings is 2. The van der Waals surface area contributed by atoms with Gasteiger partial charge in [0.25, 0.3) is 0 Å². The Bertz CT molecular complexity index is 826. The van der Waals surface area contributed by atoms with Crippen molar-refractivity contribution < 1.29 is 19.1 Å². The molecule has 0 aliphatic carbocycles. The lowest BCUT2D eigenvalue weighted by molar-refractivity contribution is -0.139. The van der Waals surface area contributed by atoms with E-state index in [-0.39, 0.29) is 24.1 Å². The second-order valence-corrected chi connectivity index (χ2v) is 7.47. The first-order valence-electron chi connectivity index (χ1n) is 9.43. The van der Waals surface area contributed by atoms with Crippen LogP contribution < -0.4 is 0 Å². The third-order valence-electron chi connectivity index (χ3n) is 5.24. The monoisotopic (exact) mass is 374 g/mol. The van der Waals surface area contributed by atoms with Gasteiger partial charge in [-0.15, -0.1) is 0 Å². The Morgan fingerprint density at radius 3 is 1.32 bits per heavy atom. The maximum Gasteiger partial charge on any atom is 0.333 e. The van der Waals surface area contributed by atoms with Crippen LogP contribution in [0.1, 0.15) is 24.0 Å². The van der Waals surface area contributed by atoms with Crippen LogP contribution in [0.2, 0.25) is 0 Å². The van der Waals surface area contributed by atoms with E-state index in [2.05, 4.69) is 61.7 Å². The Balaban J connectivity index is 1.38. The normalized spacial score (nSPS) is 21.7. The molecule has 4 nitrogen and oxygen atoms in total. The molecule has 0 radical (unpaired) electrons. The highest BCUT2D eigenvalue weighted by Crippen LogP contribution is 2.26. The molecule has 28 heavy (non-hydrogen) atoms. The Morgan fingerprint density at radius 1 is 0.679 bits per heavy atom. The molecule has 2 aromatic carbocycles. The molecule has 0 aromatic heterocycles. The second-order valence-electron chi connectivity index (χ2n) is 7.47. The van der Waals surface area contributed by atoms with E-state index in [1.807, 2.05) is 0 Å². The predicted octanol–water partition coefficient (Wildman–Crippen LogP) is 4.18. The molecule has 0 saturated carbocycles. The highest BCUT2D eigenvalue weighted by molar-refractivity contribution is 5.90. The third kappa shape index (κ3) is 3.91. The van der Waals surface area contributed by atoms with Gasteiger partial charge < -0.3 is 9.47 Å². The topological polar surface area (TPSA) is 52.6 Å². The quantitative estimate of drug-likeness (QED) is 0.582. The van der Waals surface area contributed by atoms with E-state index in [0.717, 1.165) is 22.3 Å². The van der Waals surface area contributed by atoms with E-state index in [1.165, 1.54) is 0 Å². The van der Waals surface area contributed by atoms with Crippen molar-refractivity contribution in [2.24, 2.45) is 0 Å². The summed E-state index contributed by atoms with van der Waals surface area (Å²) in [5, 5.41) is 0. The average molecular weight is 374 g/mol. The number of esters is 2. The van der Waals surface area contributed by atoms with Crippen LogP contribution in [0, 0.1) is 0 Å². The molecule has 2 saturated heterocycles. The second kappa shape index (κ2) is 7.47. The molecule has 2 fully saturated rings. The van der Waals surface area contributed by atoms with Gasteiger partial charge in [-0.2, -0.15) is 0 Å². The lowest BCUT2D eigenvalue weighted by atomic mass is 9.98. The average Bonchev–Trinajstić information content (AvgIpc) is 3.16. The van der Waals surface area contributed by atoms with Gasteiger partial charge in [0.05, 0.1) is 0 Å². The SMILES string of the molecule is C=C1CC(Cc2ccc(-c3ccc(CC4CC(=C)C(=O)O4)cc3)cc2)OC1=O. The highest BCUT2D eigenvalue weighted by atomic mass is 16.6. The van der Waals surface area contributed by atoms with Crippen LogP contribution in [0.4, 0.5) is 0 Å². The van der Waals surface area contributed by atoms with Crippen molar-refractivity contribution in [3.05, 3.63) is 84.0 Å².